The van der Waals surface area contributed by atoms with Crippen molar-refractivity contribution < 1.29 is 10.2 Å². The van der Waals surface area contributed by atoms with Crippen molar-refractivity contribution >= 4 is 6.21 Å². The predicted molar refractivity (Wildman–Crippen MR) is 84.2 cm³/mol. The molecule has 0 radical (unpaired) electrons. The zero-order valence-corrected chi connectivity index (χ0v) is 12.4. The summed E-state index contributed by atoms with van der Waals surface area (Å²) in [5, 5.41) is 19.0. The highest BCUT2D eigenvalue weighted by molar-refractivity contribution is 5.83. The summed E-state index contributed by atoms with van der Waals surface area (Å²) in [6, 6.07) is 5.33. The zero-order chi connectivity index (χ0) is 14.7. The molecule has 1 aromatic carbocycles. The first-order valence-corrected chi connectivity index (χ1v) is 8.00. The Kier molecular flexibility index (Phi) is 4.44. The molecule has 0 unspecified atom stereocenters. The number of aliphatic imine (C=N–C) groups is 1. The summed E-state index contributed by atoms with van der Waals surface area (Å²) in [7, 11) is 0. The molecule has 4 nitrogen and oxygen atoms in total. The lowest BCUT2D eigenvalue weighted by Crippen LogP contribution is -2.48. The van der Waals surface area contributed by atoms with E-state index < -0.39 is 0 Å². The van der Waals surface area contributed by atoms with E-state index in [0.717, 1.165) is 6.54 Å². The van der Waals surface area contributed by atoms with Crippen LogP contribution in [0, 0.1) is 5.92 Å². The second-order valence-corrected chi connectivity index (χ2v) is 6.24. The van der Waals surface area contributed by atoms with Crippen LogP contribution in [0.5, 0.6) is 11.5 Å². The Morgan fingerprint density at radius 3 is 2.86 bits per heavy atom. The van der Waals surface area contributed by atoms with Crippen LogP contribution in [-0.4, -0.2) is 47.0 Å². The van der Waals surface area contributed by atoms with Crippen molar-refractivity contribution in [2.45, 2.75) is 38.1 Å². The molecule has 0 amide bonds. The average molecular weight is 288 g/mol. The van der Waals surface area contributed by atoms with Crippen LogP contribution in [0.2, 0.25) is 0 Å². The summed E-state index contributed by atoms with van der Waals surface area (Å²) < 4.78 is 0. The van der Waals surface area contributed by atoms with E-state index in [9.17, 15) is 10.2 Å². The number of fused-ring (bicyclic) bond motifs is 1. The van der Waals surface area contributed by atoms with Gasteiger partial charge in [-0.05, 0) is 56.8 Å². The normalized spacial score (nSPS) is 26.9. The summed E-state index contributed by atoms with van der Waals surface area (Å²) in [6.07, 6.45) is 8.27. The van der Waals surface area contributed by atoms with E-state index in [2.05, 4.69) is 9.89 Å². The largest absolute Gasteiger partial charge is 0.508 e. The number of phenolic OH excluding ortho intramolecular Hbond substituents is 2. The highest BCUT2D eigenvalue weighted by Gasteiger charge is 2.32. The van der Waals surface area contributed by atoms with E-state index in [1.54, 1.807) is 18.3 Å². The van der Waals surface area contributed by atoms with Gasteiger partial charge in [-0.3, -0.25) is 4.99 Å². The van der Waals surface area contributed by atoms with Gasteiger partial charge in [-0.2, -0.15) is 0 Å². The molecule has 3 rings (SSSR count). The van der Waals surface area contributed by atoms with Gasteiger partial charge in [0.25, 0.3) is 0 Å². The second-order valence-electron chi connectivity index (χ2n) is 6.24. The minimum Gasteiger partial charge on any atom is -0.508 e. The molecule has 0 spiro atoms. The van der Waals surface area contributed by atoms with Gasteiger partial charge in [0, 0.05) is 30.4 Å². The van der Waals surface area contributed by atoms with E-state index in [0.29, 0.717) is 17.5 Å². The molecule has 0 aromatic heterocycles. The van der Waals surface area contributed by atoms with Crippen molar-refractivity contribution in [1.29, 1.82) is 0 Å². The minimum atomic E-state index is 0.0785. The molecule has 2 saturated heterocycles. The summed E-state index contributed by atoms with van der Waals surface area (Å²) in [5.41, 5.74) is 0.670. The SMILES string of the molecule is Oc1ccc(C=NC[C@@H]2CCCN3CCCC[C@@H]23)c(O)c1. The van der Waals surface area contributed by atoms with E-state index in [-0.39, 0.29) is 11.5 Å². The van der Waals surface area contributed by atoms with Gasteiger partial charge in [0.2, 0.25) is 0 Å². The molecule has 2 fully saturated rings. The summed E-state index contributed by atoms with van der Waals surface area (Å²) in [6.45, 7) is 3.34. The molecule has 4 heteroatoms. The van der Waals surface area contributed by atoms with Crippen molar-refractivity contribution in [3.8, 4) is 11.5 Å². The van der Waals surface area contributed by atoms with Crippen molar-refractivity contribution in [3.05, 3.63) is 23.8 Å². The lowest BCUT2D eigenvalue weighted by atomic mass is 9.83. The molecule has 0 aliphatic carbocycles. The fraction of sp³-hybridized carbons (Fsp3) is 0.588. The lowest BCUT2D eigenvalue weighted by Gasteiger charge is -2.43. The monoisotopic (exact) mass is 288 g/mol. The van der Waals surface area contributed by atoms with Crippen LogP contribution in [0.25, 0.3) is 0 Å². The fourth-order valence-electron chi connectivity index (χ4n) is 3.72. The van der Waals surface area contributed by atoms with Crippen molar-refractivity contribution in [2.24, 2.45) is 10.9 Å². The third-order valence-corrected chi connectivity index (χ3v) is 4.81. The first kappa shape index (κ1) is 14.4. The topological polar surface area (TPSA) is 56.1 Å². The van der Waals surface area contributed by atoms with Gasteiger partial charge in [-0.25, -0.2) is 0 Å². The Bertz CT molecular complexity index is 514. The number of aromatic hydroxyl groups is 2. The Hall–Kier alpha value is -1.55. The highest BCUT2D eigenvalue weighted by Crippen LogP contribution is 2.31. The van der Waals surface area contributed by atoms with Gasteiger partial charge in [0.1, 0.15) is 11.5 Å². The molecule has 1 aromatic rings. The smallest absolute Gasteiger partial charge is 0.128 e. The zero-order valence-electron chi connectivity index (χ0n) is 12.4. The van der Waals surface area contributed by atoms with E-state index >= 15 is 0 Å². The molecule has 0 bridgehead atoms. The first-order valence-electron chi connectivity index (χ1n) is 8.00. The summed E-state index contributed by atoms with van der Waals surface area (Å²) in [5.74, 6) is 0.811. The minimum absolute atomic E-state index is 0.0785. The standard InChI is InChI=1S/C17H24N2O2/c20-15-7-6-14(17(21)10-15)12-18-11-13-4-3-9-19-8-2-1-5-16(13)19/h6-7,10,12-13,16,20-21H,1-5,8-9,11H2/t13-,16-/m0/s1. The number of piperidine rings is 2. The molecule has 2 aliphatic rings. The summed E-state index contributed by atoms with van der Waals surface area (Å²) >= 11 is 0. The first-order chi connectivity index (χ1) is 10.2. The third kappa shape index (κ3) is 3.38. The number of nitrogens with zero attached hydrogens (tertiary/aromatic N) is 2. The van der Waals surface area contributed by atoms with Crippen LogP contribution in [0.15, 0.2) is 23.2 Å². The number of phenols is 2. The molecule has 21 heavy (non-hydrogen) atoms. The fourth-order valence-corrected chi connectivity index (χ4v) is 3.72. The van der Waals surface area contributed by atoms with Gasteiger partial charge in [0.15, 0.2) is 0 Å². The third-order valence-electron chi connectivity index (χ3n) is 4.81. The Morgan fingerprint density at radius 1 is 1.14 bits per heavy atom. The van der Waals surface area contributed by atoms with Crippen LogP contribution >= 0.6 is 0 Å². The maximum Gasteiger partial charge on any atom is 0.128 e. The Labute approximate surface area is 126 Å². The highest BCUT2D eigenvalue weighted by atomic mass is 16.3. The van der Waals surface area contributed by atoms with E-state index in [1.165, 1.54) is 51.3 Å². The van der Waals surface area contributed by atoms with E-state index in [1.807, 2.05) is 0 Å². The van der Waals surface area contributed by atoms with Gasteiger partial charge in [-0.1, -0.05) is 6.42 Å². The van der Waals surface area contributed by atoms with Crippen LogP contribution in [-0.2, 0) is 0 Å². The molecule has 2 atom stereocenters. The molecule has 2 aliphatic heterocycles. The maximum atomic E-state index is 9.76. The van der Waals surface area contributed by atoms with Crippen molar-refractivity contribution in [3.63, 3.8) is 0 Å². The molecular formula is C17H24N2O2. The number of hydrogen-bond acceptors (Lipinski definition) is 4. The van der Waals surface area contributed by atoms with Crippen LogP contribution in [0.3, 0.4) is 0 Å². The molecule has 2 N–H and O–H groups in total. The predicted octanol–water partition coefficient (Wildman–Crippen LogP) is 2.78. The molecular weight excluding hydrogens is 264 g/mol. The molecule has 0 saturated carbocycles. The number of rotatable bonds is 3. The van der Waals surface area contributed by atoms with Crippen molar-refractivity contribution in [1.82, 2.24) is 4.90 Å². The van der Waals surface area contributed by atoms with E-state index in [4.69, 9.17) is 0 Å². The quantitative estimate of drug-likeness (QED) is 0.841. The lowest BCUT2D eigenvalue weighted by molar-refractivity contribution is 0.0635. The van der Waals surface area contributed by atoms with Gasteiger partial charge in [-0.15, -0.1) is 0 Å². The van der Waals surface area contributed by atoms with Gasteiger partial charge >= 0.3 is 0 Å². The van der Waals surface area contributed by atoms with Crippen LogP contribution in [0.4, 0.5) is 0 Å². The number of hydrogen-bond donors (Lipinski definition) is 2. The van der Waals surface area contributed by atoms with Gasteiger partial charge in [0.05, 0.1) is 0 Å². The van der Waals surface area contributed by atoms with Crippen LogP contribution < -0.4 is 0 Å². The second kappa shape index (κ2) is 6.48. The van der Waals surface area contributed by atoms with Crippen LogP contribution in [0.1, 0.15) is 37.7 Å². The number of benzene rings is 1. The van der Waals surface area contributed by atoms with Crippen molar-refractivity contribution in [2.75, 3.05) is 19.6 Å². The summed E-state index contributed by atoms with van der Waals surface area (Å²) in [4.78, 5) is 7.20. The molecule has 2 heterocycles. The molecule has 114 valence electrons. The average Bonchev–Trinajstić information content (AvgIpc) is 2.50. The maximum absolute atomic E-state index is 9.76. The Balaban J connectivity index is 1.62. The Morgan fingerprint density at radius 2 is 2.00 bits per heavy atom. The van der Waals surface area contributed by atoms with Gasteiger partial charge < -0.3 is 15.1 Å².